The Kier molecular flexibility index (Phi) is 18.1. The molecule has 0 radical (unpaired) electrons. The molecule has 4 heterocycles. The Morgan fingerprint density at radius 2 is 0.620 bits per heavy atom. The van der Waals surface area contributed by atoms with E-state index in [1.54, 1.807) is 4.57 Å². The van der Waals surface area contributed by atoms with E-state index in [1.165, 1.54) is 0 Å². The summed E-state index contributed by atoms with van der Waals surface area (Å²) in [7, 11) is 0. The summed E-state index contributed by atoms with van der Waals surface area (Å²) >= 11 is 0. The van der Waals surface area contributed by atoms with Crippen molar-refractivity contribution in [2.24, 2.45) is 0 Å². The summed E-state index contributed by atoms with van der Waals surface area (Å²) in [4.78, 5) is 4.39. The Hall–Kier alpha value is -11.7. The fourth-order valence-corrected chi connectivity index (χ4v) is 20.3. The van der Waals surface area contributed by atoms with Crippen LogP contribution in [0.4, 0.5) is 34.1 Å². The maximum absolute atomic E-state index is 12.1. The van der Waals surface area contributed by atoms with Crippen LogP contribution >= 0.6 is 0 Å². The zero-order valence-corrected chi connectivity index (χ0v) is 88.4. The Bertz CT molecular complexity index is 8450. The van der Waals surface area contributed by atoms with E-state index < -0.39 is 116 Å². The molecule has 2 aliphatic heterocycles. The van der Waals surface area contributed by atoms with Gasteiger partial charge >= 0.3 is 0 Å². The van der Waals surface area contributed by atoms with E-state index >= 15 is 0 Å². The van der Waals surface area contributed by atoms with Crippen LogP contribution < -0.4 is 26.2 Å². The summed E-state index contributed by atoms with van der Waals surface area (Å²) in [6, 6.07) is 50.0. The van der Waals surface area contributed by atoms with Crippen molar-refractivity contribution in [1.29, 1.82) is 0 Å². The van der Waals surface area contributed by atoms with Gasteiger partial charge in [0.15, 0.2) is 0 Å². The molecule has 0 bridgehead atoms. The van der Waals surface area contributed by atoms with Gasteiger partial charge in [-0.2, -0.15) is 0 Å². The molecule has 14 aromatic carbocycles. The van der Waals surface area contributed by atoms with Crippen LogP contribution in [0.3, 0.4) is 0 Å². The monoisotopic (exact) mass is 1820 g/mol. The Morgan fingerprint density at radius 3 is 1.11 bits per heavy atom. The lowest BCUT2D eigenvalue weighted by Crippen LogP contribution is -2.61. The molecule has 0 amide bonds. The summed E-state index contributed by atoms with van der Waals surface area (Å²) in [5.74, 6) is 0. The van der Waals surface area contributed by atoms with Crippen molar-refractivity contribution in [2.45, 2.75) is 314 Å². The molecule has 18 rings (SSSR count). The topological polar surface area (TPSA) is 16.3 Å². The smallest absolute Gasteiger partial charge is 0.252 e. The van der Waals surface area contributed by atoms with Gasteiger partial charge in [-0.15, -0.1) is 0 Å². The summed E-state index contributed by atoms with van der Waals surface area (Å²) in [5, 5.41) is 1.72. The minimum atomic E-state index is -1.23. The average Bonchev–Trinajstić information content (AvgIpc) is 0.725. The normalized spacial score (nSPS) is 15.7. The molecule has 2 aromatic heterocycles. The fraction of sp³-hybridized carbons (Fsp3) is 0.364. The van der Waals surface area contributed by atoms with Crippen LogP contribution in [0.1, 0.15) is 339 Å². The van der Waals surface area contributed by atoms with E-state index in [2.05, 4.69) is 321 Å². The van der Waals surface area contributed by atoms with Gasteiger partial charge in [-0.3, -0.25) is 0 Å². The quantitative estimate of drug-likeness (QED) is 0.134. The van der Waals surface area contributed by atoms with Gasteiger partial charge in [0.25, 0.3) is 6.71 Å². The molecule has 0 atom stereocenters. The molecule has 0 unspecified atom stereocenters. The number of hydrogen-bond donors (Lipinski definition) is 0. The van der Waals surface area contributed by atoms with Crippen molar-refractivity contribution in [3.8, 4) is 67.0 Å². The van der Waals surface area contributed by atoms with E-state index in [9.17, 15) is 23.3 Å². The molecule has 16 aromatic rings. The number of fused-ring (bicyclic) bond motifs is 10. The minimum absolute atomic E-state index is 0.0388. The van der Waals surface area contributed by atoms with Gasteiger partial charge in [0, 0.05) is 72.2 Å². The molecule has 702 valence electrons. The first kappa shape index (κ1) is 76.3. The van der Waals surface area contributed by atoms with Crippen molar-refractivity contribution in [1.82, 2.24) is 9.13 Å². The Morgan fingerprint density at radius 1 is 0.219 bits per heavy atom. The Balaban J connectivity index is 1.22. The highest BCUT2D eigenvalue weighted by Gasteiger charge is 2.48. The third-order valence-electron chi connectivity index (χ3n) is 28.4. The zero-order valence-electron chi connectivity index (χ0n) is 105. The van der Waals surface area contributed by atoms with Crippen molar-refractivity contribution in [3.05, 3.63) is 327 Å². The summed E-state index contributed by atoms with van der Waals surface area (Å²) in [5.41, 5.74) is 12.3. The first-order valence-electron chi connectivity index (χ1n) is 57.9. The number of nitrogens with zero attached hydrogens (tertiary/aromatic N) is 4. The molecule has 0 fully saturated rings. The SMILES string of the molecule is [2H]c1c([2H])c(C(C)(C)C)c([2H])c([2H])c1-c1c([2H])c(C(C)(C)C)c([2H])c(-c2c([2H])c(C(C)(C)C)c([2H])c([2H])c2C(C)(C)C)c1N1c2cc(-c3cc(C(C)(C)C)cc(C(C)(C)C)c3)ccc2B2c3ccc(-n4c5ccc(C(C)(C)C)cc5c5cc(C(C)(C)C)ccc54)cc3N(c3c(-c4ccccc4C(C)(C)C)cc(C(C)(C)C)cc3-c3ccc(C(C)(C)C)cc3C(C)(C)C)c3cc(-n4c5c([2H])c([2H])c([2H])c([2H])c5c5c([2H])c([2H])c([2H])c([2H])c54)cc1c32. The summed E-state index contributed by atoms with van der Waals surface area (Å²) in [6.07, 6.45) is 0. The highest BCUT2D eigenvalue weighted by atomic mass is 15.2. The second kappa shape index (κ2) is 32.5. The molecular formula is C132H151BN4. The van der Waals surface area contributed by atoms with E-state index in [-0.39, 0.29) is 142 Å². The second-order valence-electron chi connectivity index (χ2n) is 51.6. The maximum Gasteiger partial charge on any atom is 0.252 e. The lowest BCUT2D eigenvalue weighted by Gasteiger charge is -2.46. The molecule has 0 aliphatic carbocycles. The van der Waals surface area contributed by atoms with Crippen LogP contribution in [0.5, 0.6) is 0 Å². The molecule has 137 heavy (non-hydrogen) atoms. The van der Waals surface area contributed by atoms with Gasteiger partial charge in [-0.1, -0.05) is 419 Å². The third-order valence-corrected chi connectivity index (χ3v) is 28.4. The van der Waals surface area contributed by atoms with Crippen LogP contribution in [0, 0.1) is 0 Å². The van der Waals surface area contributed by atoms with Crippen molar-refractivity contribution >= 4 is 101 Å². The maximum atomic E-state index is 12.1. The number of benzene rings is 14. The number of anilines is 6. The number of rotatable bonds is 9. The van der Waals surface area contributed by atoms with Gasteiger partial charge in [0.05, 0.1) is 62.4 Å². The molecule has 5 heteroatoms. The summed E-state index contributed by atoms with van der Waals surface area (Å²) < 4.78 is 186. The van der Waals surface area contributed by atoms with Crippen LogP contribution in [0.2, 0.25) is 0 Å². The third kappa shape index (κ3) is 17.2. The van der Waals surface area contributed by atoms with Crippen LogP contribution in [0.25, 0.3) is 111 Å². The molecule has 0 spiro atoms. The number of aromatic nitrogens is 2. The minimum Gasteiger partial charge on any atom is -0.310 e. The van der Waals surface area contributed by atoms with Gasteiger partial charge in [0.2, 0.25) is 0 Å². The summed E-state index contributed by atoms with van der Waals surface area (Å²) in [6.45, 7) is 75.3. The predicted octanol–water partition coefficient (Wildman–Crippen LogP) is 35.9. The molecule has 0 saturated heterocycles. The van der Waals surface area contributed by atoms with Crippen molar-refractivity contribution in [2.75, 3.05) is 9.80 Å². The van der Waals surface area contributed by atoms with Gasteiger partial charge in [0.1, 0.15) is 0 Å². The number of para-hydroxylation sites is 2. The average molecular weight is 1820 g/mol. The lowest BCUT2D eigenvalue weighted by atomic mass is 9.33. The zero-order chi connectivity index (χ0) is 114. The van der Waals surface area contributed by atoms with Gasteiger partial charge in [-0.05, 0) is 272 Å². The van der Waals surface area contributed by atoms with E-state index in [0.29, 0.717) is 39.2 Å². The first-order valence-corrected chi connectivity index (χ1v) is 49.4. The van der Waals surface area contributed by atoms with Crippen molar-refractivity contribution in [3.63, 3.8) is 0 Å². The molecular weight excluding hydrogens is 1650 g/mol. The van der Waals surface area contributed by atoms with E-state index in [0.717, 1.165) is 105 Å². The van der Waals surface area contributed by atoms with Crippen LogP contribution in [0.15, 0.2) is 260 Å². The highest BCUT2D eigenvalue weighted by molar-refractivity contribution is 7.00. The number of hydrogen-bond acceptors (Lipinski definition) is 2. The molecule has 0 N–H and O–H groups in total. The molecule has 4 nitrogen and oxygen atoms in total. The lowest BCUT2D eigenvalue weighted by molar-refractivity contribution is 0.568. The second-order valence-corrected chi connectivity index (χ2v) is 51.6. The first-order chi connectivity index (χ1) is 70.6. The van der Waals surface area contributed by atoms with Crippen molar-refractivity contribution < 1.29 is 23.3 Å². The fourth-order valence-electron chi connectivity index (χ4n) is 20.3. The Labute approximate surface area is 846 Å². The largest absolute Gasteiger partial charge is 0.310 e. The highest BCUT2D eigenvalue weighted by Crippen LogP contribution is 2.59. The predicted molar refractivity (Wildman–Crippen MR) is 601 cm³/mol. The van der Waals surface area contributed by atoms with E-state index in [4.69, 9.17) is 0 Å². The molecule has 2 aliphatic rings. The molecule has 0 saturated carbocycles. The van der Waals surface area contributed by atoms with Crippen LogP contribution in [-0.4, -0.2) is 15.8 Å². The van der Waals surface area contributed by atoms with Gasteiger partial charge < -0.3 is 18.9 Å². The van der Waals surface area contributed by atoms with E-state index in [1.807, 2.05) is 100 Å². The van der Waals surface area contributed by atoms with Crippen LogP contribution in [-0.2, 0) is 65.0 Å². The van der Waals surface area contributed by atoms with Gasteiger partial charge in [-0.25, -0.2) is 0 Å². The standard InChI is InChI=1S/C132H151BN4/c1-121(2,3)83-52-49-80(50-53-83)98-72-90(128(22,23)24)75-104(99-69-84(122(4,5)6)55-60-106(99)131(31,32)33)119(98)136-114-67-81(82-65-88(126(16,17)18)68-89(66-82)127(19,20)21)51-61-108(114)133-109-62-58-92(134-112-63-56-85(123(7,8)9)70-100(112)101-71-86(124(10,11)12)57-64-113(101)134)77-115(109)137(117-79-93(78-116(136)118(117)133)135-110-47-41-38-44-96(110)97-45-39-42-48-111(97)135)120-102(94-43-37-40-46-105(94)130(28,29)30)73-91(129(25,26)27)74-103(120)95-59-54-87(125(13,14)15)76-107(95)132(34,35)36/h37-79H,1-36H3/i38D,39D,41D,42D,44D,45D,47D,48D,49D,50D,52D,53D,55D,60D,69D,72D,75D.